The molecule has 102 valence electrons. The summed E-state index contributed by atoms with van der Waals surface area (Å²) in [5.74, 6) is 0.407. The van der Waals surface area contributed by atoms with E-state index in [9.17, 15) is 8.42 Å². The number of hydrogen-bond acceptors (Lipinski definition) is 4. The van der Waals surface area contributed by atoms with Crippen LogP contribution in [0.3, 0.4) is 0 Å². The molecule has 2 aromatic rings. The van der Waals surface area contributed by atoms with E-state index in [0.29, 0.717) is 0 Å². The molecule has 1 atom stereocenters. The maximum Gasteiger partial charge on any atom is 0.153 e. The lowest BCUT2D eigenvalue weighted by molar-refractivity contribution is 0.362. The van der Waals surface area contributed by atoms with Gasteiger partial charge in [0.1, 0.15) is 0 Å². The molecule has 5 heteroatoms. The van der Waals surface area contributed by atoms with Crippen molar-refractivity contribution in [3.8, 4) is 0 Å². The second kappa shape index (κ2) is 4.30. The molecule has 0 aliphatic carbocycles. The minimum absolute atomic E-state index is 0.0915. The van der Waals surface area contributed by atoms with Gasteiger partial charge in [-0.3, -0.25) is 0 Å². The Balaban J connectivity index is 2.01. The van der Waals surface area contributed by atoms with Crippen molar-refractivity contribution in [2.45, 2.75) is 25.4 Å². The fourth-order valence-corrected chi connectivity index (χ4v) is 6.04. The Labute approximate surface area is 117 Å². The summed E-state index contributed by atoms with van der Waals surface area (Å²) in [5, 5.41) is 4.64. The second-order valence-corrected chi connectivity index (χ2v) is 9.05. The van der Waals surface area contributed by atoms with E-state index < -0.39 is 9.84 Å². The maximum absolute atomic E-state index is 12.0. The lowest BCUT2D eigenvalue weighted by atomic mass is 10.1. The van der Waals surface area contributed by atoms with Crippen LogP contribution >= 0.6 is 11.3 Å². The van der Waals surface area contributed by atoms with Crippen molar-refractivity contribution < 1.29 is 8.42 Å². The van der Waals surface area contributed by atoms with Gasteiger partial charge in [-0.1, -0.05) is 18.2 Å². The number of benzene rings is 1. The number of thiophene rings is 1. The molecule has 1 aromatic heterocycles. The third-order valence-corrected chi connectivity index (χ3v) is 6.59. The summed E-state index contributed by atoms with van der Waals surface area (Å²) in [6.07, 6.45) is 0. The quantitative estimate of drug-likeness (QED) is 0.880. The summed E-state index contributed by atoms with van der Waals surface area (Å²) in [5.41, 5.74) is -0.363. The lowest BCUT2D eigenvalue weighted by Crippen LogP contribution is -2.53. The molecule has 0 bridgehead atoms. The maximum atomic E-state index is 12.0. The number of hydrogen-bond donors (Lipinski definition) is 1. The van der Waals surface area contributed by atoms with Gasteiger partial charge in [-0.05, 0) is 31.4 Å². The van der Waals surface area contributed by atoms with E-state index >= 15 is 0 Å². The van der Waals surface area contributed by atoms with Gasteiger partial charge in [0.05, 0.1) is 17.5 Å². The molecule has 1 saturated heterocycles. The van der Waals surface area contributed by atoms with Gasteiger partial charge in [0.25, 0.3) is 0 Å². The van der Waals surface area contributed by atoms with Gasteiger partial charge in [0.2, 0.25) is 0 Å². The molecule has 1 fully saturated rings. The van der Waals surface area contributed by atoms with E-state index in [-0.39, 0.29) is 23.1 Å². The Morgan fingerprint density at radius 3 is 2.74 bits per heavy atom. The Morgan fingerprint density at radius 1 is 1.32 bits per heavy atom. The highest BCUT2D eigenvalue weighted by Crippen LogP contribution is 2.33. The predicted octanol–water partition coefficient (Wildman–Crippen LogP) is 2.74. The van der Waals surface area contributed by atoms with Crippen molar-refractivity contribution in [1.29, 1.82) is 0 Å². The first-order chi connectivity index (χ1) is 8.85. The zero-order valence-electron chi connectivity index (χ0n) is 11.0. The van der Waals surface area contributed by atoms with E-state index in [0.717, 1.165) is 4.88 Å². The molecule has 1 aliphatic heterocycles. The molecular formula is C14H17NO2S2. The summed E-state index contributed by atoms with van der Waals surface area (Å²) >= 11 is 1.68. The molecule has 1 N–H and O–H groups in total. The molecule has 1 aromatic carbocycles. The minimum atomic E-state index is -2.98. The van der Waals surface area contributed by atoms with Crippen LogP contribution in [0.2, 0.25) is 0 Å². The normalized spacial score (nSPS) is 25.5. The van der Waals surface area contributed by atoms with Gasteiger partial charge >= 0.3 is 0 Å². The first-order valence-electron chi connectivity index (χ1n) is 6.31. The monoisotopic (exact) mass is 295 g/mol. The van der Waals surface area contributed by atoms with E-state index in [1.54, 1.807) is 11.3 Å². The Hall–Kier alpha value is -0.910. The van der Waals surface area contributed by atoms with Crippen LogP contribution in [0.1, 0.15) is 24.8 Å². The van der Waals surface area contributed by atoms with Gasteiger partial charge in [-0.15, -0.1) is 11.3 Å². The average Bonchev–Trinajstić information content (AvgIpc) is 2.68. The van der Waals surface area contributed by atoms with Crippen LogP contribution in [0.15, 0.2) is 30.3 Å². The molecule has 1 aliphatic rings. The number of sulfone groups is 1. The summed E-state index contributed by atoms with van der Waals surface area (Å²) in [7, 11) is -2.98. The summed E-state index contributed by atoms with van der Waals surface area (Å²) < 4.78 is 25.3. The Bertz CT molecular complexity index is 683. The molecule has 3 rings (SSSR count). The van der Waals surface area contributed by atoms with Gasteiger partial charge in [-0.2, -0.15) is 0 Å². The predicted molar refractivity (Wildman–Crippen MR) is 80.4 cm³/mol. The van der Waals surface area contributed by atoms with Crippen LogP contribution in [-0.4, -0.2) is 25.5 Å². The molecule has 0 spiro atoms. The molecule has 0 saturated carbocycles. The SMILES string of the molecule is CC1(C)CS(=O)(=O)CC(c2cc3ccccc3s2)N1. The van der Waals surface area contributed by atoms with Gasteiger partial charge in [0.15, 0.2) is 9.84 Å². The third kappa shape index (κ3) is 2.68. The third-order valence-electron chi connectivity index (χ3n) is 3.35. The van der Waals surface area contributed by atoms with Crippen molar-refractivity contribution in [1.82, 2.24) is 5.32 Å². The van der Waals surface area contributed by atoms with Crippen LogP contribution in [-0.2, 0) is 9.84 Å². The fraction of sp³-hybridized carbons (Fsp3) is 0.429. The summed E-state index contributed by atoms with van der Waals surface area (Å²) in [4.78, 5) is 1.11. The van der Waals surface area contributed by atoms with Crippen LogP contribution in [0.25, 0.3) is 10.1 Å². The average molecular weight is 295 g/mol. The molecule has 1 unspecified atom stereocenters. The van der Waals surface area contributed by atoms with Gasteiger partial charge in [0, 0.05) is 15.1 Å². The topological polar surface area (TPSA) is 46.2 Å². The van der Waals surface area contributed by atoms with Gasteiger partial charge in [-0.25, -0.2) is 8.42 Å². The molecule has 3 nitrogen and oxygen atoms in total. The van der Waals surface area contributed by atoms with E-state index in [4.69, 9.17) is 0 Å². The molecule has 0 amide bonds. The van der Waals surface area contributed by atoms with Crippen molar-refractivity contribution in [3.05, 3.63) is 35.2 Å². The number of fused-ring (bicyclic) bond motifs is 1. The smallest absolute Gasteiger partial charge is 0.153 e. The van der Waals surface area contributed by atoms with Crippen LogP contribution in [0, 0.1) is 0 Å². The first-order valence-corrected chi connectivity index (χ1v) is 8.95. The number of rotatable bonds is 1. The Kier molecular flexibility index (Phi) is 2.96. The fourth-order valence-electron chi connectivity index (χ4n) is 2.75. The Morgan fingerprint density at radius 2 is 2.05 bits per heavy atom. The van der Waals surface area contributed by atoms with Crippen LogP contribution < -0.4 is 5.32 Å². The first kappa shape index (κ1) is 13.1. The molecule has 2 heterocycles. The lowest BCUT2D eigenvalue weighted by Gasteiger charge is -2.36. The second-order valence-electron chi connectivity index (χ2n) is 5.82. The zero-order chi connectivity index (χ0) is 13.7. The van der Waals surface area contributed by atoms with E-state index in [1.807, 2.05) is 26.0 Å². The number of nitrogens with one attached hydrogen (secondary N) is 1. The van der Waals surface area contributed by atoms with Crippen molar-refractivity contribution in [3.63, 3.8) is 0 Å². The zero-order valence-corrected chi connectivity index (χ0v) is 12.6. The van der Waals surface area contributed by atoms with Gasteiger partial charge < -0.3 is 5.32 Å². The van der Waals surface area contributed by atoms with Crippen LogP contribution in [0.4, 0.5) is 0 Å². The summed E-state index contributed by atoms with van der Waals surface area (Å²) in [6.45, 7) is 3.90. The van der Waals surface area contributed by atoms with Crippen molar-refractivity contribution >= 4 is 31.3 Å². The van der Waals surface area contributed by atoms with Crippen molar-refractivity contribution in [2.24, 2.45) is 0 Å². The van der Waals surface area contributed by atoms with E-state index in [2.05, 4.69) is 23.5 Å². The minimum Gasteiger partial charge on any atom is -0.302 e. The largest absolute Gasteiger partial charge is 0.302 e. The standard InChI is InChI=1S/C14H17NO2S2/c1-14(2)9-19(16,17)8-11(15-14)13-7-10-5-3-4-6-12(10)18-13/h3-7,11,15H,8-9H2,1-2H3. The highest BCUT2D eigenvalue weighted by Gasteiger charge is 2.37. The van der Waals surface area contributed by atoms with E-state index in [1.165, 1.54) is 10.1 Å². The highest BCUT2D eigenvalue weighted by atomic mass is 32.2. The molecular weight excluding hydrogens is 278 g/mol. The summed E-state index contributed by atoms with van der Waals surface area (Å²) in [6, 6.07) is 10.2. The highest BCUT2D eigenvalue weighted by molar-refractivity contribution is 7.91. The molecule has 0 radical (unpaired) electrons. The van der Waals surface area contributed by atoms with Crippen molar-refractivity contribution in [2.75, 3.05) is 11.5 Å². The molecule has 19 heavy (non-hydrogen) atoms. The van der Waals surface area contributed by atoms with Crippen LogP contribution in [0.5, 0.6) is 0 Å².